The first-order valence-electron chi connectivity index (χ1n) is 5.00. The Bertz CT molecular complexity index is 441. The van der Waals surface area contributed by atoms with Gasteiger partial charge in [-0.1, -0.05) is 0 Å². The van der Waals surface area contributed by atoms with Gasteiger partial charge in [-0.25, -0.2) is 18.1 Å². The number of aryl methyl sites for hydroxylation is 1. The van der Waals surface area contributed by atoms with Gasteiger partial charge in [0.25, 0.3) is 0 Å². The maximum absolute atomic E-state index is 11.7. The van der Waals surface area contributed by atoms with Gasteiger partial charge in [-0.05, 0) is 20.8 Å². The van der Waals surface area contributed by atoms with Crippen molar-refractivity contribution in [3.63, 3.8) is 0 Å². The minimum atomic E-state index is -3.36. The number of nitrogens with two attached hydrogens (primary N) is 1. The summed E-state index contributed by atoms with van der Waals surface area (Å²) < 4.78 is 26.1. The van der Waals surface area contributed by atoms with Crippen LogP contribution in [-0.4, -0.2) is 25.2 Å². The molecule has 1 rings (SSSR count). The predicted octanol–water partition coefficient (Wildman–Crippen LogP) is 0.779. The molecule has 1 aromatic heterocycles. The zero-order valence-corrected chi connectivity index (χ0v) is 11.2. The molecule has 7 heteroatoms. The second-order valence-electron chi connectivity index (χ2n) is 3.74. The van der Waals surface area contributed by atoms with Gasteiger partial charge in [0.2, 0.25) is 10.0 Å². The average molecular weight is 263 g/mol. The van der Waals surface area contributed by atoms with Gasteiger partial charge in [-0.3, -0.25) is 0 Å². The lowest BCUT2D eigenvalue weighted by atomic mass is 10.4. The molecule has 0 aliphatic heterocycles. The van der Waals surface area contributed by atoms with Crippen LogP contribution in [0.25, 0.3) is 0 Å². The first kappa shape index (κ1) is 13.6. The number of rotatable bonds is 5. The Hall–Kier alpha value is -0.500. The number of thiazole rings is 1. The van der Waals surface area contributed by atoms with E-state index in [0.717, 1.165) is 9.88 Å². The van der Waals surface area contributed by atoms with Gasteiger partial charge in [0.1, 0.15) is 5.01 Å². The fourth-order valence-corrected chi connectivity index (χ4v) is 3.05. The summed E-state index contributed by atoms with van der Waals surface area (Å²) in [6.07, 6.45) is 1.73. The Morgan fingerprint density at radius 3 is 2.62 bits per heavy atom. The first-order chi connectivity index (χ1) is 7.36. The summed E-state index contributed by atoms with van der Waals surface area (Å²) in [6.45, 7) is 5.41. The van der Waals surface area contributed by atoms with Crippen LogP contribution in [0, 0.1) is 6.92 Å². The second kappa shape index (κ2) is 5.22. The van der Waals surface area contributed by atoms with Gasteiger partial charge in [0, 0.05) is 17.6 Å². The highest BCUT2D eigenvalue weighted by atomic mass is 32.2. The molecule has 2 unspecified atom stereocenters. The molecule has 0 bridgehead atoms. The fourth-order valence-electron chi connectivity index (χ4n) is 1.11. The van der Waals surface area contributed by atoms with E-state index in [2.05, 4.69) is 9.71 Å². The van der Waals surface area contributed by atoms with E-state index in [1.807, 2.05) is 6.92 Å². The third kappa shape index (κ3) is 3.24. The summed E-state index contributed by atoms with van der Waals surface area (Å²) in [6, 6.07) is -0.308. The van der Waals surface area contributed by atoms with Crippen molar-refractivity contribution in [1.29, 1.82) is 0 Å². The fraction of sp³-hybridized carbons (Fsp3) is 0.667. The molecule has 0 aliphatic carbocycles. The maximum atomic E-state index is 11.7. The van der Waals surface area contributed by atoms with E-state index in [-0.39, 0.29) is 12.6 Å². The summed E-state index contributed by atoms with van der Waals surface area (Å²) in [5.74, 6) is 0. The number of sulfonamides is 1. The van der Waals surface area contributed by atoms with E-state index in [1.54, 1.807) is 20.0 Å². The van der Waals surface area contributed by atoms with Crippen molar-refractivity contribution >= 4 is 21.4 Å². The molecule has 3 N–H and O–H groups in total. The van der Waals surface area contributed by atoms with Gasteiger partial charge in [-0.2, -0.15) is 0 Å². The molecule has 0 fully saturated rings. The van der Waals surface area contributed by atoms with Gasteiger partial charge in [0.15, 0.2) is 0 Å². The van der Waals surface area contributed by atoms with Crippen molar-refractivity contribution in [3.05, 3.63) is 16.1 Å². The number of nitrogens with zero attached hydrogens (tertiary/aromatic N) is 1. The van der Waals surface area contributed by atoms with E-state index in [4.69, 9.17) is 5.73 Å². The molecule has 5 nitrogen and oxygen atoms in total. The second-order valence-corrected chi connectivity index (χ2v) is 7.14. The van der Waals surface area contributed by atoms with E-state index in [1.165, 1.54) is 11.3 Å². The van der Waals surface area contributed by atoms with Crippen LogP contribution in [0.3, 0.4) is 0 Å². The normalized spacial score (nSPS) is 16.0. The van der Waals surface area contributed by atoms with Crippen LogP contribution in [0.4, 0.5) is 0 Å². The molecule has 16 heavy (non-hydrogen) atoms. The average Bonchev–Trinajstić information content (AvgIpc) is 2.63. The molecule has 0 spiro atoms. The highest BCUT2D eigenvalue weighted by Gasteiger charge is 2.23. The molecular weight excluding hydrogens is 246 g/mol. The van der Waals surface area contributed by atoms with Crippen molar-refractivity contribution < 1.29 is 8.42 Å². The van der Waals surface area contributed by atoms with E-state index >= 15 is 0 Å². The highest BCUT2D eigenvalue weighted by Crippen LogP contribution is 2.20. The minimum absolute atomic E-state index is 0.110. The van der Waals surface area contributed by atoms with Crippen LogP contribution in [0.15, 0.2) is 6.20 Å². The zero-order valence-electron chi connectivity index (χ0n) is 9.60. The van der Waals surface area contributed by atoms with Crippen LogP contribution in [0.2, 0.25) is 0 Å². The lowest BCUT2D eigenvalue weighted by Gasteiger charge is -2.15. The third-order valence-electron chi connectivity index (χ3n) is 2.21. The summed E-state index contributed by atoms with van der Waals surface area (Å²) in [7, 11) is -3.36. The third-order valence-corrected chi connectivity index (χ3v) is 5.24. The lowest BCUT2D eigenvalue weighted by molar-refractivity contribution is 0.554. The number of hydrogen-bond donors (Lipinski definition) is 2. The summed E-state index contributed by atoms with van der Waals surface area (Å²) in [5.41, 5.74) is 5.34. The molecule has 1 aromatic rings. The molecule has 92 valence electrons. The molecule has 2 atom stereocenters. The number of hydrogen-bond acceptors (Lipinski definition) is 5. The molecule has 0 amide bonds. The molecular formula is C9H17N3O2S2. The Morgan fingerprint density at radius 1 is 1.56 bits per heavy atom. The summed E-state index contributed by atoms with van der Waals surface area (Å²) in [4.78, 5) is 5.21. The highest BCUT2D eigenvalue weighted by molar-refractivity contribution is 7.90. The predicted molar refractivity (Wildman–Crippen MR) is 65.8 cm³/mol. The van der Waals surface area contributed by atoms with E-state index in [0.29, 0.717) is 0 Å². The molecule has 0 saturated carbocycles. The monoisotopic (exact) mass is 263 g/mol. The van der Waals surface area contributed by atoms with Crippen LogP contribution in [0.1, 0.15) is 29.8 Å². The zero-order chi connectivity index (χ0) is 12.3. The maximum Gasteiger partial charge on any atom is 0.216 e. The van der Waals surface area contributed by atoms with Crippen molar-refractivity contribution in [3.8, 4) is 0 Å². The van der Waals surface area contributed by atoms with Crippen molar-refractivity contribution in [2.24, 2.45) is 5.73 Å². The topological polar surface area (TPSA) is 85.1 Å². The molecule has 0 radical (unpaired) electrons. The molecule has 0 saturated heterocycles. The molecule has 1 heterocycles. The lowest BCUT2D eigenvalue weighted by Crippen LogP contribution is -2.38. The van der Waals surface area contributed by atoms with Crippen LogP contribution in [0.5, 0.6) is 0 Å². The van der Waals surface area contributed by atoms with Crippen molar-refractivity contribution in [2.45, 2.75) is 32.1 Å². The molecule has 0 aliphatic rings. The smallest absolute Gasteiger partial charge is 0.216 e. The number of aromatic nitrogens is 1. The Labute approximate surface area is 100 Å². The standard InChI is InChI=1S/C9H17N3O2S2/c1-6-5-11-9(15-6)8(3)12-16(13,14)7(2)4-10/h5,7-8,12H,4,10H2,1-3H3. The molecule has 0 aromatic carbocycles. The number of nitrogens with one attached hydrogen (secondary N) is 1. The Morgan fingerprint density at radius 2 is 2.19 bits per heavy atom. The SMILES string of the molecule is Cc1cnc(C(C)NS(=O)(=O)C(C)CN)s1. The largest absolute Gasteiger partial charge is 0.329 e. The Kier molecular flexibility index (Phi) is 4.43. The minimum Gasteiger partial charge on any atom is -0.329 e. The van der Waals surface area contributed by atoms with Crippen molar-refractivity contribution in [1.82, 2.24) is 9.71 Å². The van der Waals surface area contributed by atoms with Gasteiger partial charge < -0.3 is 5.73 Å². The quantitative estimate of drug-likeness (QED) is 0.822. The van der Waals surface area contributed by atoms with Crippen LogP contribution < -0.4 is 10.5 Å². The van der Waals surface area contributed by atoms with Crippen LogP contribution >= 0.6 is 11.3 Å². The van der Waals surface area contributed by atoms with Crippen LogP contribution in [-0.2, 0) is 10.0 Å². The Balaban J connectivity index is 2.75. The van der Waals surface area contributed by atoms with E-state index < -0.39 is 15.3 Å². The van der Waals surface area contributed by atoms with Gasteiger partial charge in [0.05, 0.1) is 11.3 Å². The summed E-state index contributed by atoms with van der Waals surface area (Å²) in [5, 5.41) is 0.182. The summed E-state index contributed by atoms with van der Waals surface area (Å²) >= 11 is 1.49. The van der Waals surface area contributed by atoms with Gasteiger partial charge in [-0.15, -0.1) is 11.3 Å². The van der Waals surface area contributed by atoms with Crippen molar-refractivity contribution in [2.75, 3.05) is 6.54 Å². The van der Waals surface area contributed by atoms with E-state index in [9.17, 15) is 8.42 Å². The van der Waals surface area contributed by atoms with Gasteiger partial charge >= 0.3 is 0 Å². The first-order valence-corrected chi connectivity index (χ1v) is 7.36.